The molecule has 0 amide bonds. The third-order valence-electron chi connectivity index (χ3n) is 4.55. The monoisotopic (exact) mass is 482 g/mol. The fourth-order valence-corrected chi connectivity index (χ4v) is 3.97. The van der Waals surface area contributed by atoms with Crippen molar-refractivity contribution in [3.63, 3.8) is 0 Å². The number of carbonyl (C=O) groups is 1. The number of carbonyl (C=O) groups excluding carboxylic acids is 1. The van der Waals surface area contributed by atoms with Gasteiger partial charge >= 0.3 is 0 Å². The Morgan fingerprint density at radius 2 is 1.70 bits per heavy atom. The van der Waals surface area contributed by atoms with Crippen LogP contribution in [-0.2, 0) is 0 Å². The number of benzene rings is 2. The second-order valence-electron chi connectivity index (χ2n) is 6.28. The summed E-state index contributed by atoms with van der Waals surface area (Å²) >= 11 is 6.92. The Morgan fingerprint density at radius 1 is 0.926 bits per heavy atom. The quantitative estimate of drug-likeness (QED) is 0.284. The minimum absolute atomic E-state index is 0.170. The van der Waals surface area contributed by atoms with E-state index in [0.717, 1.165) is 42.0 Å². The summed E-state index contributed by atoms with van der Waals surface area (Å²) in [6.07, 6.45) is 3.61. The van der Waals surface area contributed by atoms with E-state index in [-0.39, 0.29) is 5.78 Å². The van der Waals surface area contributed by atoms with Crippen LogP contribution >= 0.6 is 31.9 Å². The lowest BCUT2D eigenvalue weighted by Crippen LogP contribution is -2.03. The predicted octanol–water partition coefficient (Wildman–Crippen LogP) is 5.80. The zero-order valence-corrected chi connectivity index (χ0v) is 17.0. The van der Waals surface area contributed by atoms with Gasteiger partial charge in [-0.25, -0.2) is 4.98 Å². The van der Waals surface area contributed by atoms with Gasteiger partial charge in [0.2, 0.25) is 5.78 Å². The number of fused-ring (bicyclic) bond motifs is 2. The summed E-state index contributed by atoms with van der Waals surface area (Å²) in [5.74, 6) is 0.137. The summed E-state index contributed by atoms with van der Waals surface area (Å²) in [5.41, 5.74) is 4.20. The molecule has 0 aliphatic carbocycles. The maximum atomic E-state index is 12.8. The van der Waals surface area contributed by atoms with Crippen molar-refractivity contribution >= 4 is 59.4 Å². The molecule has 27 heavy (non-hydrogen) atoms. The summed E-state index contributed by atoms with van der Waals surface area (Å²) in [4.78, 5) is 26.7. The van der Waals surface area contributed by atoms with E-state index in [1.165, 1.54) is 0 Å². The smallest absolute Gasteiger partial charge is 0.244 e. The number of nitrogens with zero attached hydrogens (tertiary/aromatic N) is 1. The minimum Gasteiger partial charge on any atom is -0.360 e. The highest BCUT2D eigenvalue weighted by molar-refractivity contribution is 9.10. The summed E-state index contributed by atoms with van der Waals surface area (Å²) in [6, 6.07) is 13.7. The molecule has 0 bridgehead atoms. The molecule has 0 aliphatic rings. The highest BCUT2D eigenvalue weighted by Crippen LogP contribution is 2.29. The average molecular weight is 484 g/mol. The van der Waals surface area contributed by atoms with Crippen LogP contribution in [0.4, 0.5) is 0 Å². The van der Waals surface area contributed by atoms with Gasteiger partial charge in [0.1, 0.15) is 0 Å². The molecule has 0 saturated carbocycles. The fraction of sp³-hybridized carbons (Fsp3) is 0. The number of nitrogens with one attached hydrogen (secondary N) is 3. The van der Waals surface area contributed by atoms with Gasteiger partial charge in [0.25, 0.3) is 0 Å². The van der Waals surface area contributed by atoms with Crippen molar-refractivity contribution in [1.29, 1.82) is 0 Å². The first-order valence-electron chi connectivity index (χ1n) is 8.23. The number of aromatic amines is 3. The van der Waals surface area contributed by atoms with Crippen LogP contribution in [0.5, 0.6) is 0 Å². The topological polar surface area (TPSA) is 77.3 Å². The molecule has 3 heterocycles. The molecular weight excluding hydrogens is 472 g/mol. The van der Waals surface area contributed by atoms with Gasteiger partial charge in [-0.15, -0.1) is 0 Å². The molecule has 0 aliphatic heterocycles. The average Bonchev–Trinajstić information content (AvgIpc) is 3.37. The van der Waals surface area contributed by atoms with Gasteiger partial charge in [-0.3, -0.25) is 4.79 Å². The summed E-state index contributed by atoms with van der Waals surface area (Å²) in [6.45, 7) is 0. The second kappa shape index (κ2) is 6.21. The second-order valence-corrected chi connectivity index (χ2v) is 8.11. The van der Waals surface area contributed by atoms with Crippen LogP contribution in [0.1, 0.15) is 16.3 Å². The molecule has 5 rings (SSSR count). The molecular formula is C20H12Br2N4O. The standard InChI is InChI=1S/C20H12Br2N4O/c21-11-2-1-10-5-17(25-15(10)6-11)19(27)20-24-9-18(26-20)14-8-23-16-7-12(22)3-4-13(14)16/h1-9,23,25H,(H,24,26). The van der Waals surface area contributed by atoms with Gasteiger partial charge in [-0.2, -0.15) is 0 Å². The van der Waals surface area contributed by atoms with E-state index >= 15 is 0 Å². The lowest BCUT2D eigenvalue weighted by molar-refractivity contribution is 0.102. The van der Waals surface area contributed by atoms with E-state index in [1.54, 1.807) is 6.20 Å². The first-order chi connectivity index (χ1) is 13.1. The summed E-state index contributed by atoms with van der Waals surface area (Å²) < 4.78 is 1.97. The molecule has 0 radical (unpaired) electrons. The largest absolute Gasteiger partial charge is 0.360 e. The van der Waals surface area contributed by atoms with Gasteiger partial charge in [0.05, 0.1) is 17.6 Å². The van der Waals surface area contributed by atoms with Crippen LogP contribution in [0.2, 0.25) is 0 Å². The Morgan fingerprint density at radius 3 is 2.56 bits per heavy atom. The molecule has 2 aromatic carbocycles. The molecule has 3 N–H and O–H groups in total. The van der Waals surface area contributed by atoms with E-state index < -0.39 is 0 Å². The number of imidazole rings is 1. The number of hydrogen-bond donors (Lipinski definition) is 3. The molecule has 5 nitrogen and oxygen atoms in total. The van der Waals surface area contributed by atoms with E-state index in [1.807, 2.05) is 48.7 Å². The van der Waals surface area contributed by atoms with Gasteiger partial charge in [0, 0.05) is 42.5 Å². The van der Waals surface area contributed by atoms with Crippen molar-refractivity contribution in [2.45, 2.75) is 0 Å². The predicted molar refractivity (Wildman–Crippen MR) is 113 cm³/mol. The molecule has 0 fully saturated rings. The van der Waals surface area contributed by atoms with Gasteiger partial charge in [-0.05, 0) is 30.3 Å². The first kappa shape index (κ1) is 16.5. The van der Waals surface area contributed by atoms with Gasteiger partial charge in [0.15, 0.2) is 5.82 Å². The van der Waals surface area contributed by atoms with Crippen molar-refractivity contribution in [1.82, 2.24) is 19.9 Å². The number of ketones is 1. The van der Waals surface area contributed by atoms with E-state index in [9.17, 15) is 4.79 Å². The number of halogens is 2. The van der Waals surface area contributed by atoms with E-state index in [2.05, 4.69) is 51.8 Å². The van der Waals surface area contributed by atoms with Gasteiger partial charge < -0.3 is 15.0 Å². The number of H-pyrrole nitrogens is 3. The van der Waals surface area contributed by atoms with Crippen molar-refractivity contribution in [2.75, 3.05) is 0 Å². The Hall–Kier alpha value is -2.64. The third kappa shape index (κ3) is 2.83. The highest BCUT2D eigenvalue weighted by Gasteiger charge is 2.17. The molecule has 7 heteroatoms. The lowest BCUT2D eigenvalue weighted by Gasteiger charge is -1.96. The van der Waals surface area contributed by atoms with Crippen LogP contribution in [0, 0.1) is 0 Å². The van der Waals surface area contributed by atoms with Crippen molar-refractivity contribution in [2.24, 2.45) is 0 Å². The van der Waals surface area contributed by atoms with Crippen molar-refractivity contribution < 1.29 is 4.79 Å². The minimum atomic E-state index is -0.170. The van der Waals surface area contributed by atoms with Crippen molar-refractivity contribution in [3.8, 4) is 11.3 Å². The summed E-state index contributed by atoms with van der Waals surface area (Å²) in [7, 11) is 0. The number of rotatable bonds is 3. The van der Waals surface area contributed by atoms with Crippen LogP contribution < -0.4 is 0 Å². The van der Waals surface area contributed by atoms with Crippen LogP contribution in [0.25, 0.3) is 33.1 Å². The molecule has 132 valence electrons. The molecule has 3 aromatic heterocycles. The molecule has 5 aromatic rings. The molecule has 0 unspecified atom stereocenters. The highest BCUT2D eigenvalue weighted by atomic mass is 79.9. The van der Waals surface area contributed by atoms with Gasteiger partial charge in [-0.1, -0.05) is 44.0 Å². The maximum absolute atomic E-state index is 12.8. The van der Waals surface area contributed by atoms with Crippen molar-refractivity contribution in [3.05, 3.63) is 75.3 Å². The third-order valence-corrected chi connectivity index (χ3v) is 5.54. The Kier molecular flexibility index (Phi) is 3.80. The Balaban J connectivity index is 1.52. The van der Waals surface area contributed by atoms with E-state index in [4.69, 9.17) is 0 Å². The Labute approximate surface area is 170 Å². The lowest BCUT2D eigenvalue weighted by atomic mass is 10.1. The fourth-order valence-electron chi connectivity index (χ4n) is 3.24. The zero-order valence-electron chi connectivity index (χ0n) is 13.8. The van der Waals surface area contributed by atoms with E-state index in [0.29, 0.717) is 11.5 Å². The molecule has 0 saturated heterocycles. The summed E-state index contributed by atoms with van der Waals surface area (Å²) in [5, 5.41) is 2.05. The number of aromatic nitrogens is 4. The number of hydrogen-bond acceptors (Lipinski definition) is 2. The Bertz CT molecular complexity index is 1330. The SMILES string of the molecule is O=C(c1cc2ccc(Br)cc2[nH]1)c1ncc(-c2c[nH]c3cc(Br)ccc23)[nH]1. The normalized spacial score (nSPS) is 11.5. The van der Waals surface area contributed by atoms with Crippen LogP contribution in [0.3, 0.4) is 0 Å². The zero-order chi connectivity index (χ0) is 18.5. The molecule has 0 spiro atoms. The van der Waals surface area contributed by atoms with Crippen LogP contribution in [0.15, 0.2) is 63.8 Å². The first-order valence-corrected chi connectivity index (χ1v) is 9.82. The van der Waals surface area contributed by atoms with Crippen LogP contribution in [-0.4, -0.2) is 25.7 Å². The maximum Gasteiger partial charge on any atom is 0.244 e. The molecule has 0 atom stereocenters.